The van der Waals surface area contributed by atoms with Crippen LogP contribution in [0, 0.1) is 0 Å². The summed E-state index contributed by atoms with van der Waals surface area (Å²) in [7, 11) is -4.10. The SMILES string of the molecule is CC(Cc1ccc(Cl)cc1)(CS(=O)(=O)O)NCl. The molecule has 0 radical (unpaired) electrons. The molecule has 1 aromatic rings. The average Bonchev–Trinajstić information content (AvgIpc) is 2.19. The van der Waals surface area contributed by atoms with Gasteiger partial charge in [-0.1, -0.05) is 23.7 Å². The lowest BCUT2D eigenvalue weighted by molar-refractivity contribution is 0.428. The Labute approximate surface area is 111 Å². The zero-order valence-electron chi connectivity index (χ0n) is 9.15. The van der Waals surface area contributed by atoms with Crippen molar-refractivity contribution in [3.05, 3.63) is 34.9 Å². The summed E-state index contributed by atoms with van der Waals surface area (Å²) in [5.74, 6) is -0.466. The summed E-state index contributed by atoms with van der Waals surface area (Å²) in [4.78, 5) is 2.40. The first kappa shape index (κ1) is 14.7. The van der Waals surface area contributed by atoms with Crippen LogP contribution in [0.15, 0.2) is 24.3 Å². The van der Waals surface area contributed by atoms with E-state index in [1.807, 2.05) is 0 Å². The molecule has 4 nitrogen and oxygen atoms in total. The van der Waals surface area contributed by atoms with Gasteiger partial charge in [-0.2, -0.15) is 8.42 Å². The highest BCUT2D eigenvalue weighted by Crippen LogP contribution is 2.18. The molecule has 0 heterocycles. The van der Waals surface area contributed by atoms with Gasteiger partial charge < -0.3 is 0 Å². The third-order valence-electron chi connectivity index (χ3n) is 2.24. The quantitative estimate of drug-likeness (QED) is 0.646. The number of hydrogen-bond donors (Lipinski definition) is 2. The molecule has 2 N–H and O–H groups in total. The first-order valence-electron chi connectivity index (χ1n) is 4.81. The Bertz CT molecular complexity index is 475. The molecule has 0 saturated heterocycles. The molecule has 1 atom stereocenters. The highest BCUT2D eigenvalue weighted by atomic mass is 35.5. The van der Waals surface area contributed by atoms with Gasteiger partial charge >= 0.3 is 0 Å². The van der Waals surface area contributed by atoms with E-state index in [1.54, 1.807) is 31.2 Å². The van der Waals surface area contributed by atoms with Crippen LogP contribution in [0.3, 0.4) is 0 Å². The predicted molar refractivity (Wildman–Crippen MR) is 69.0 cm³/mol. The van der Waals surface area contributed by atoms with Crippen molar-refractivity contribution in [1.29, 1.82) is 0 Å². The monoisotopic (exact) mass is 297 g/mol. The highest BCUT2D eigenvalue weighted by Gasteiger charge is 2.29. The molecule has 1 aromatic carbocycles. The summed E-state index contributed by atoms with van der Waals surface area (Å²) >= 11 is 11.3. The maximum absolute atomic E-state index is 10.9. The Kier molecular flexibility index (Phi) is 4.80. The number of benzene rings is 1. The van der Waals surface area contributed by atoms with Gasteiger partial charge in [-0.05, 0) is 42.8 Å². The molecule has 1 rings (SSSR count). The molecule has 1 unspecified atom stereocenters. The van der Waals surface area contributed by atoms with Gasteiger partial charge in [0.15, 0.2) is 0 Å². The van der Waals surface area contributed by atoms with Gasteiger partial charge in [-0.25, -0.2) is 4.84 Å². The lowest BCUT2D eigenvalue weighted by atomic mass is 9.96. The first-order chi connectivity index (χ1) is 7.74. The normalized spacial score (nSPS) is 15.5. The molecule has 0 aromatic heterocycles. The minimum absolute atomic E-state index is 0.355. The maximum atomic E-state index is 10.9. The van der Waals surface area contributed by atoms with Crippen LogP contribution < -0.4 is 4.84 Å². The first-order valence-corrected chi connectivity index (χ1v) is 7.18. The summed E-state index contributed by atoms with van der Waals surface area (Å²) in [5.41, 5.74) is -0.0723. The van der Waals surface area contributed by atoms with Gasteiger partial charge in [0.2, 0.25) is 0 Å². The molecule has 0 spiro atoms. The Balaban J connectivity index is 2.85. The fraction of sp³-hybridized carbons (Fsp3) is 0.400. The zero-order chi connectivity index (χ0) is 13.1. The van der Waals surface area contributed by atoms with Crippen LogP contribution in [0.25, 0.3) is 0 Å². The third kappa shape index (κ3) is 5.23. The fourth-order valence-corrected chi connectivity index (χ4v) is 2.89. The molecule has 0 aliphatic heterocycles. The molecule has 7 heteroatoms. The van der Waals surface area contributed by atoms with Crippen LogP contribution in [0.4, 0.5) is 0 Å². The molecule has 0 bridgehead atoms. The molecule has 17 heavy (non-hydrogen) atoms. The maximum Gasteiger partial charge on any atom is 0.266 e. The van der Waals surface area contributed by atoms with E-state index in [0.29, 0.717) is 11.4 Å². The van der Waals surface area contributed by atoms with Gasteiger partial charge in [-0.15, -0.1) is 0 Å². The Morgan fingerprint density at radius 1 is 1.35 bits per heavy atom. The second-order valence-electron chi connectivity index (χ2n) is 4.18. The van der Waals surface area contributed by atoms with Crippen LogP contribution in [-0.2, 0) is 16.5 Å². The number of nitrogens with one attached hydrogen (secondary N) is 1. The van der Waals surface area contributed by atoms with E-state index in [4.69, 9.17) is 27.9 Å². The topological polar surface area (TPSA) is 66.4 Å². The van der Waals surface area contributed by atoms with E-state index < -0.39 is 21.4 Å². The molecular weight excluding hydrogens is 285 g/mol. The van der Waals surface area contributed by atoms with E-state index >= 15 is 0 Å². The average molecular weight is 298 g/mol. The van der Waals surface area contributed by atoms with Crippen molar-refractivity contribution in [2.45, 2.75) is 18.9 Å². The van der Waals surface area contributed by atoms with Crippen molar-refractivity contribution in [3.8, 4) is 0 Å². The second-order valence-corrected chi connectivity index (χ2v) is 6.26. The predicted octanol–water partition coefficient (Wildman–Crippen LogP) is 2.27. The van der Waals surface area contributed by atoms with Gasteiger partial charge in [0.05, 0.1) is 11.3 Å². The molecule has 0 aliphatic rings. The largest absolute Gasteiger partial charge is 0.285 e. The van der Waals surface area contributed by atoms with Gasteiger partial charge in [-0.3, -0.25) is 4.55 Å². The summed E-state index contributed by atoms with van der Waals surface area (Å²) in [6.07, 6.45) is 0.355. The van der Waals surface area contributed by atoms with Gasteiger partial charge in [0.25, 0.3) is 10.1 Å². The smallest absolute Gasteiger partial charge is 0.266 e. The van der Waals surface area contributed by atoms with Crippen molar-refractivity contribution in [2.75, 3.05) is 5.75 Å². The summed E-state index contributed by atoms with van der Waals surface area (Å²) in [6.45, 7) is 1.61. The van der Waals surface area contributed by atoms with Crippen molar-refractivity contribution in [3.63, 3.8) is 0 Å². The Morgan fingerprint density at radius 3 is 2.29 bits per heavy atom. The van der Waals surface area contributed by atoms with E-state index in [-0.39, 0.29) is 0 Å². The third-order valence-corrected chi connectivity index (χ3v) is 3.95. The Morgan fingerprint density at radius 2 is 1.88 bits per heavy atom. The van der Waals surface area contributed by atoms with Gasteiger partial charge in [0, 0.05) is 5.02 Å². The van der Waals surface area contributed by atoms with Crippen molar-refractivity contribution < 1.29 is 13.0 Å². The van der Waals surface area contributed by atoms with Crippen LogP contribution in [0.5, 0.6) is 0 Å². The highest BCUT2D eigenvalue weighted by molar-refractivity contribution is 7.85. The molecular formula is C10H13Cl2NO3S. The molecule has 96 valence electrons. The number of hydrogen-bond acceptors (Lipinski definition) is 3. The van der Waals surface area contributed by atoms with E-state index in [0.717, 1.165) is 5.56 Å². The molecule has 0 amide bonds. The molecule has 0 saturated carbocycles. The zero-order valence-corrected chi connectivity index (χ0v) is 11.5. The van der Waals surface area contributed by atoms with Crippen molar-refractivity contribution >= 4 is 33.5 Å². The number of rotatable bonds is 5. The summed E-state index contributed by atoms with van der Waals surface area (Å²) < 4.78 is 30.6. The van der Waals surface area contributed by atoms with E-state index in [1.165, 1.54) is 0 Å². The lowest BCUT2D eigenvalue weighted by Gasteiger charge is -2.26. The van der Waals surface area contributed by atoms with Crippen molar-refractivity contribution in [2.24, 2.45) is 0 Å². The Hall–Kier alpha value is -0.330. The van der Waals surface area contributed by atoms with Crippen LogP contribution >= 0.6 is 23.4 Å². The van der Waals surface area contributed by atoms with Crippen LogP contribution in [0.2, 0.25) is 5.02 Å². The second kappa shape index (κ2) is 5.54. The van der Waals surface area contributed by atoms with E-state index in [2.05, 4.69) is 4.84 Å². The standard InChI is InChI=1S/C10H13Cl2NO3S/c1-10(13-12,7-17(14,15)16)6-8-2-4-9(11)5-3-8/h2-5,13H,6-7H2,1H3,(H,14,15,16). The van der Waals surface area contributed by atoms with Crippen LogP contribution in [-0.4, -0.2) is 24.3 Å². The molecule has 0 fully saturated rings. The minimum Gasteiger partial charge on any atom is -0.285 e. The summed E-state index contributed by atoms with van der Waals surface area (Å²) in [6, 6.07) is 6.97. The summed E-state index contributed by atoms with van der Waals surface area (Å²) in [5, 5.41) is 0.601. The minimum atomic E-state index is -4.10. The fourth-order valence-electron chi connectivity index (χ4n) is 1.57. The van der Waals surface area contributed by atoms with Crippen molar-refractivity contribution in [1.82, 2.24) is 4.84 Å². The van der Waals surface area contributed by atoms with E-state index in [9.17, 15) is 8.42 Å². The molecule has 0 aliphatic carbocycles. The van der Waals surface area contributed by atoms with Gasteiger partial charge in [0.1, 0.15) is 0 Å². The number of halogens is 2. The van der Waals surface area contributed by atoms with Crippen LogP contribution in [0.1, 0.15) is 12.5 Å². The lowest BCUT2D eigenvalue weighted by Crippen LogP contribution is -2.45.